The quantitative estimate of drug-likeness (QED) is 0.345. The third-order valence-electron chi connectivity index (χ3n) is 5.10. The standard InChI is InChI=1S/C24H26Cl2F2N2O6S/c1-24(2,3)36-23(32)30-7-8-37-20(30)21(31)34-18(10-14-15(25)11-29-12-16(14)26)13-5-6-17(35-22(27)28)19(9-13)33-4/h5-6,9,11-12,18,20,22H,7-8,10H2,1-4H3. The third kappa shape index (κ3) is 7.75. The molecule has 1 aromatic carbocycles. The summed E-state index contributed by atoms with van der Waals surface area (Å²) in [6.45, 7) is 2.44. The number of ether oxygens (including phenoxy) is 4. The van der Waals surface area contributed by atoms with Crippen molar-refractivity contribution in [1.82, 2.24) is 9.88 Å². The van der Waals surface area contributed by atoms with E-state index >= 15 is 0 Å². The molecule has 3 rings (SSSR count). The topological polar surface area (TPSA) is 87.2 Å². The number of halogens is 4. The zero-order valence-electron chi connectivity index (χ0n) is 20.5. The molecule has 0 aliphatic carbocycles. The fourth-order valence-corrected chi connectivity index (χ4v) is 5.10. The Morgan fingerprint density at radius 3 is 2.46 bits per heavy atom. The number of pyridine rings is 1. The molecule has 37 heavy (non-hydrogen) atoms. The van der Waals surface area contributed by atoms with Crippen LogP contribution in [0.5, 0.6) is 11.5 Å². The van der Waals surface area contributed by atoms with E-state index in [4.69, 9.17) is 37.4 Å². The maximum Gasteiger partial charge on any atom is 0.411 e. The lowest BCUT2D eigenvalue weighted by molar-refractivity contribution is -0.151. The molecule has 2 unspecified atom stereocenters. The van der Waals surface area contributed by atoms with Crippen molar-refractivity contribution in [3.63, 3.8) is 0 Å². The Balaban J connectivity index is 1.92. The summed E-state index contributed by atoms with van der Waals surface area (Å²) < 4.78 is 46.6. The number of nitrogens with zero attached hydrogens (tertiary/aromatic N) is 2. The summed E-state index contributed by atoms with van der Waals surface area (Å²) in [5.41, 5.74) is 0.128. The molecule has 202 valence electrons. The van der Waals surface area contributed by atoms with E-state index in [-0.39, 0.29) is 28.0 Å². The third-order valence-corrected chi connectivity index (χ3v) is 6.93. The average Bonchev–Trinajstić information content (AvgIpc) is 3.30. The summed E-state index contributed by atoms with van der Waals surface area (Å²) in [5.74, 6) is -0.351. The molecular formula is C24H26Cl2F2N2O6S. The number of carbonyl (C=O) groups excluding carboxylic acids is 2. The second kappa shape index (κ2) is 12.4. The van der Waals surface area contributed by atoms with Crippen LogP contribution < -0.4 is 9.47 Å². The van der Waals surface area contributed by atoms with Crippen molar-refractivity contribution in [2.45, 2.75) is 50.9 Å². The molecule has 2 heterocycles. The van der Waals surface area contributed by atoms with Gasteiger partial charge in [0, 0.05) is 31.1 Å². The number of carbonyl (C=O) groups is 2. The average molecular weight is 579 g/mol. The Bertz CT molecular complexity index is 1110. The van der Waals surface area contributed by atoms with Gasteiger partial charge in [0.05, 0.1) is 17.2 Å². The van der Waals surface area contributed by atoms with E-state index in [0.717, 1.165) is 0 Å². The Labute approximate surface area is 227 Å². The highest BCUT2D eigenvalue weighted by molar-refractivity contribution is 8.00. The van der Waals surface area contributed by atoms with Crippen LogP contribution in [0.1, 0.15) is 38.0 Å². The maximum atomic E-state index is 13.3. The molecule has 1 aromatic heterocycles. The van der Waals surface area contributed by atoms with E-state index in [9.17, 15) is 18.4 Å². The van der Waals surface area contributed by atoms with Crippen LogP contribution in [-0.4, -0.2) is 58.9 Å². The van der Waals surface area contributed by atoms with Gasteiger partial charge < -0.3 is 18.9 Å². The van der Waals surface area contributed by atoms with Crippen LogP contribution in [0.15, 0.2) is 30.6 Å². The Morgan fingerprint density at radius 2 is 1.86 bits per heavy atom. The van der Waals surface area contributed by atoms with Crippen LogP contribution >= 0.6 is 35.0 Å². The van der Waals surface area contributed by atoms with Crippen LogP contribution in [0.25, 0.3) is 0 Å². The molecule has 2 aromatic rings. The van der Waals surface area contributed by atoms with Gasteiger partial charge in [0.2, 0.25) is 0 Å². The number of aromatic nitrogens is 1. The van der Waals surface area contributed by atoms with E-state index in [1.54, 1.807) is 20.8 Å². The molecule has 2 atom stereocenters. The molecule has 1 fully saturated rings. The minimum absolute atomic E-state index is 0.0106. The number of alkyl halides is 2. The smallest absolute Gasteiger partial charge is 0.411 e. The first-order valence-corrected chi connectivity index (χ1v) is 12.9. The number of hydrogen-bond donors (Lipinski definition) is 0. The lowest BCUT2D eigenvalue weighted by Crippen LogP contribution is -2.43. The number of rotatable bonds is 8. The molecule has 1 aliphatic rings. The largest absolute Gasteiger partial charge is 0.493 e. The molecule has 0 saturated carbocycles. The second-order valence-corrected chi connectivity index (χ2v) is 10.9. The van der Waals surface area contributed by atoms with Gasteiger partial charge in [0.15, 0.2) is 16.9 Å². The van der Waals surface area contributed by atoms with Crippen LogP contribution in [0.4, 0.5) is 13.6 Å². The molecule has 0 N–H and O–H groups in total. The minimum Gasteiger partial charge on any atom is -0.493 e. The molecule has 8 nitrogen and oxygen atoms in total. The van der Waals surface area contributed by atoms with Crippen molar-refractivity contribution in [2.24, 2.45) is 0 Å². The molecule has 1 aliphatic heterocycles. The molecule has 0 spiro atoms. The van der Waals surface area contributed by atoms with Crippen molar-refractivity contribution in [3.05, 3.63) is 51.8 Å². The van der Waals surface area contributed by atoms with Gasteiger partial charge in [-0.15, -0.1) is 11.8 Å². The second-order valence-electron chi connectivity index (χ2n) is 8.90. The van der Waals surface area contributed by atoms with Gasteiger partial charge in [-0.05, 0) is 44.0 Å². The van der Waals surface area contributed by atoms with E-state index in [2.05, 4.69) is 9.72 Å². The Hall–Kier alpha value is -2.50. The summed E-state index contributed by atoms with van der Waals surface area (Å²) in [7, 11) is 1.29. The van der Waals surface area contributed by atoms with Gasteiger partial charge in [-0.25, -0.2) is 9.59 Å². The van der Waals surface area contributed by atoms with E-state index < -0.39 is 35.8 Å². The molecule has 0 bridgehead atoms. The number of amides is 1. The fraction of sp³-hybridized carbons (Fsp3) is 0.458. The van der Waals surface area contributed by atoms with Gasteiger partial charge in [0.25, 0.3) is 0 Å². The highest BCUT2D eigenvalue weighted by atomic mass is 35.5. The van der Waals surface area contributed by atoms with Gasteiger partial charge in [-0.3, -0.25) is 9.88 Å². The first kappa shape index (κ1) is 29.1. The lowest BCUT2D eigenvalue weighted by atomic mass is 10.0. The number of esters is 1. The fourth-order valence-electron chi connectivity index (χ4n) is 3.50. The van der Waals surface area contributed by atoms with Gasteiger partial charge in [-0.2, -0.15) is 8.78 Å². The van der Waals surface area contributed by atoms with Gasteiger partial charge in [-0.1, -0.05) is 29.3 Å². The van der Waals surface area contributed by atoms with Crippen molar-refractivity contribution < 1.29 is 37.3 Å². The highest BCUT2D eigenvalue weighted by Gasteiger charge is 2.39. The zero-order valence-corrected chi connectivity index (χ0v) is 22.8. The first-order chi connectivity index (χ1) is 17.4. The maximum absolute atomic E-state index is 13.3. The zero-order chi connectivity index (χ0) is 27.3. The number of hydrogen-bond acceptors (Lipinski definition) is 8. The molecule has 1 amide bonds. The predicted molar refractivity (Wildman–Crippen MR) is 136 cm³/mol. The predicted octanol–water partition coefficient (Wildman–Crippen LogP) is 6.14. The SMILES string of the molecule is COc1cc(C(Cc2c(Cl)cncc2Cl)OC(=O)C2SCCN2C(=O)OC(C)(C)C)ccc1OC(F)F. The molecule has 1 saturated heterocycles. The van der Waals surface area contributed by atoms with E-state index in [0.29, 0.717) is 23.4 Å². The first-order valence-electron chi connectivity index (χ1n) is 11.1. The summed E-state index contributed by atoms with van der Waals surface area (Å²) in [5, 5.41) is -0.434. The van der Waals surface area contributed by atoms with Crippen molar-refractivity contribution >= 4 is 47.0 Å². The summed E-state index contributed by atoms with van der Waals surface area (Å²) in [4.78, 5) is 31.2. The lowest BCUT2D eigenvalue weighted by Gasteiger charge is -2.28. The monoisotopic (exact) mass is 578 g/mol. The number of benzene rings is 1. The highest BCUT2D eigenvalue weighted by Crippen LogP contribution is 2.37. The number of thioether (sulfide) groups is 1. The van der Waals surface area contributed by atoms with Crippen LogP contribution in [0.3, 0.4) is 0 Å². The number of methoxy groups -OCH3 is 1. The van der Waals surface area contributed by atoms with Crippen molar-refractivity contribution in [3.8, 4) is 11.5 Å². The molecule has 13 heteroatoms. The summed E-state index contributed by atoms with van der Waals surface area (Å²) >= 11 is 13.8. The van der Waals surface area contributed by atoms with Gasteiger partial charge >= 0.3 is 18.7 Å². The van der Waals surface area contributed by atoms with E-state index in [1.807, 2.05) is 0 Å². The molecular weight excluding hydrogens is 553 g/mol. The Morgan fingerprint density at radius 1 is 1.19 bits per heavy atom. The van der Waals surface area contributed by atoms with E-state index in [1.165, 1.54) is 54.4 Å². The summed E-state index contributed by atoms with van der Waals surface area (Å²) in [6.07, 6.45) is 1.23. The molecule has 0 radical (unpaired) electrons. The van der Waals surface area contributed by atoms with Crippen molar-refractivity contribution in [2.75, 3.05) is 19.4 Å². The Kier molecular flexibility index (Phi) is 9.71. The van der Waals surface area contributed by atoms with Crippen LogP contribution in [0.2, 0.25) is 10.0 Å². The van der Waals surface area contributed by atoms with Crippen LogP contribution in [0, 0.1) is 0 Å². The normalized spacial score (nSPS) is 16.5. The van der Waals surface area contributed by atoms with Gasteiger partial charge in [0.1, 0.15) is 11.7 Å². The van der Waals surface area contributed by atoms with Crippen molar-refractivity contribution in [1.29, 1.82) is 0 Å². The van der Waals surface area contributed by atoms with Crippen LogP contribution in [-0.2, 0) is 20.7 Å². The minimum atomic E-state index is -3.05. The summed E-state index contributed by atoms with van der Waals surface area (Å²) in [6, 6.07) is 4.18.